The Kier molecular flexibility index (Phi) is 5.76. The zero-order valence-corrected chi connectivity index (χ0v) is 19.6. The van der Waals surface area contributed by atoms with Crippen LogP contribution in [0.25, 0.3) is 10.9 Å². The molecule has 6 nitrogen and oxygen atoms in total. The Hall–Kier alpha value is -4.13. The van der Waals surface area contributed by atoms with Gasteiger partial charge in [-0.2, -0.15) is 0 Å². The van der Waals surface area contributed by atoms with Crippen LogP contribution in [0.3, 0.4) is 0 Å². The van der Waals surface area contributed by atoms with E-state index >= 15 is 0 Å². The molecule has 0 fully saturated rings. The zero-order chi connectivity index (χ0) is 24.6. The summed E-state index contributed by atoms with van der Waals surface area (Å²) in [6.45, 7) is 2.19. The molecule has 1 aromatic heterocycles. The summed E-state index contributed by atoms with van der Waals surface area (Å²) in [5, 5.41) is 3.90. The van der Waals surface area contributed by atoms with Crippen molar-refractivity contribution >= 4 is 22.7 Å². The minimum Gasteiger partial charge on any atom is -0.496 e. The van der Waals surface area contributed by atoms with E-state index in [2.05, 4.69) is 5.32 Å². The van der Waals surface area contributed by atoms with Crippen molar-refractivity contribution < 1.29 is 18.7 Å². The number of rotatable bonds is 6. The molecule has 0 unspecified atom stereocenters. The average Bonchev–Trinajstić information content (AvgIpc) is 3.24. The van der Waals surface area contributed by atoms with E-state index in [-0.39, 0.29) is 31.4 Å². The Morgan fingerprint density at radius 1 is 1.03 bits per heavy atom. The molecule has 35 heavy (non-hydrogen) atoms. The SMILES string of the molecule is COc1ccccc1CNC(=O)[C@@]1(C)Cn2c(cc3ccccc32)C(=O)N1Cc1ccccc1F. The van der Waals surface area contributed by atoms with E-state index in [1.54, 1.807) is 32.2 Å². The summed E-state index contributed by atoms with van der Waals surface area (Å²) in [4.78, 5) is 29.0. The first-order valence-electron chi connectivity index (χ1n) is 11.5. The van der Waals surface area contributed by atoms with Crippen molar-refractivity contribution in [2.24, 2.45) is 0 Å². The van der Waals surface area contributed by atoms with Gasteiger partial charge in [0.05, 0.1) is 20.2 Å². The number of amides is 2. The van der Waals surface area contributed by atoms with Crippen LogP contribution in [0.2, 0.25) is 0 Å². The molecule has 5 rings (SSSR count). The first-order valence-corrected chi connectivity index (χ1v) is 11.5. The van der Waals surface area contributed by atoms with Crippen LogP contribution in [-0.4, -0.2) is 33.9 Å². The Bertz CT molecular complexity index is 1430. The van der Waals surface area contributed by atoms with E-state index < -0.39 is 11.4 Å². The standard InChI is InChI=1S/C28H26FN3O3/c1-28(27(34)30-16-20-10-5-8-14-25(20)35-2)18-31-23-13-7-4-9-19(23)15-24(31)26(33)32(28)17-21-11-3-6-12-22(21)29/h3-15H,16-18H2,1-2H3,(H,30,34)/t28-/m1/s1. The molecule has 1 atom stereocenters. The van der Waals surface area contributed by atoms with Crippen LogP contribution in [0.15, 0.2) is 78.9 Å². The molecular weight excluding hydrogens is 445 g/mol. The number of aromatic nitrogens is 1. The van der Waals surface area contributed by atoms with Crippen LogP contribution in [0.5, 0.6) is 5.75 Å². The van der Waals surface area contributed by atoms with Crippen molar-refractivity contribution in [1.82, 2.24) is 14.8 Å². The van der Waals surface area contributed by atoms with Crippen LogP contribution in [0, 0.1) is 5.82 Å². The summed E-state index contributed by atoms with van der Waals surface area (Å²) in [5.74, 6) is -0.384. The highest BCUT2D eigenvalue weighted by atomic mass is 19.1. The number of ether oxygens (including phenoxy) is 1. The van der Waals surface area contributed by atoms with E-state index in [0.29, 0.717) is 17.0 Å². The monoisotopic (exact) mass is 471 g/mol. The minimum atomic E-state index is -1.25. The zero-order valence-electron chi connectivity index (χ0n) is 19.6. The van der Waals surface area contributed by atoms with E-state index in [1.807, 2.05) is 59.2 Å². The van der Waals surface area contributed by atoms with Crippen molar-refractivity contribution in [3.05, 3.63) is 102 Å². The summed E-state index contributed by atoms with van der Waals surface area (Å²) in [6, 6.07) is 23.3. The second-order valence-electron chi connectivity index (χ2n) is 8.93. The summed E-state index contributed by atoms with van der Waals surface area (Å²) in [6.07, 6.45) is 0. The maximum absolute atomic E-state index is 14.6. The molecule has 0 saturated heterocycles. The van der Waals surface area contributed by atoms with Crippen LogP contribution < -0.4 is 10.1 Å². The third-order valence-electron chi connectivity index (χ3n) is 6.74. The molecule has 7 heteroatoms. The number of fused-ring (bicyclic) bond motifs is 3. The van der Waals surface area contributed by atoms with Gasteiger partial charge in [-0.3, -0.25) is 9.59 Å². The van der Waals surface area contributed by atoms with Gasteiger partial charge in [0.15, 0.2) is 0 Å². The van der Waals surface area contributed by atoms with Crippen molar-refractivity contribution in [2.45, 2.75) is 32.1 Å². The first-order chi connectivity index (χ1) is 16.9. The molecule has 1 aliphatic rings. The second-order valence-corrected chi connectivity index (χ2v) is 8.93. The average molecular weight is 472 g/mol. The van der Waals surface area contributed by atoms with Crippen molar-refractivity contribution in [3.8, 4) is 5.75 Å². The normalized spacial score (nSPS) is 17.3. The van der Waals surface area contributed by atoms with Crippen molar-refractivity contribution in [2.75, 3.05) is 7.11 Å². The fraction of sp³-hybridized carbons (Fsp3) is 0.214. The third kappa shape index (κ3) is 3.93. The maximum Gasteiger partial charge on any atom is 0.271 e. The lowest BCUT2D eigenvalue weighted by Gasteiger charge is -2.44. The number of hydrogen-bond donors (Lipinski definition) is 1. The van der Waals surface area contributed by atoms with Gasteiger partial charge in [-0.1, -0.05) is 54.6 Å². The molecule has 178 valence electrons. The van der Waals surface area contributed by atoms with Crippen LogP contribution in [-0.2, 0) is 24.4 Å². The van der Waals surface area contributed by atoms with Crippen molar-refractivity contribution in [1.29, 1.82) is 0 Å². The molecule has 4 aromatic rings. The second kappa shape index (κ2) is 8.91. The molecule has 1 N–H and O–H groups in total. The third-order valence-corrected chi connectivity index (χ3v) is 6.74. The fourth-order valence-corrected chi connectivity index (χ4v) is 4.77. The van der Waals surface area contributed by atoms with Gasteiger partial charge in [0, 0.05) is 28.6 Å². The van der Waals surface area contributed by atoms with Gasteiger partial charge in [-0.05, 0) is 31.2 Å². The van der Waals surface area contributed by atoms with Crippen LogP contribution >= 0.6 is 0 Å². The summed E-state index contributed by atoms with van der Waals surface area (Å²) in [5.41, 5.74) is 1.29. The molecule has 2 heterocycles. The molecule has 0 saturated carbocycles. The molecule has 0 radical (unpaired) electrons. The van der Waals surface area contributed by atoms with Gasteiger partial charge >= 0.3 is 0 Å². The Balaban J connectivity index is 1.54. The van der Waals surface area contributed by atoms with Gasteiger partial charge in [-0.15, -0.1) is 0 Å². The number of carbonyl (C=O) groups excluding carboxylic acids is 2. The highest BCUT2D eigenvalue weighted by Crippen LogP contribution is 2.34. The Morgan fingerprint density at radius 2 is 1.71 bits per heavy atom. The molecule has 0 aliphatic carbocycles. The highest BCUT2D eigenvalue weighted by molar-refractivity contribution is 6.03. The number of halogens is 1. The summed E-state index contributed by atoms with van der Waals surface area (Å²) in [7, 11) is 1.58. The highest BCUT2D eigenvalue weighted by Gasteiger charge is 2.47. The predicted octanol–water partition coefficient (Wildman–Crippen LogP) is 4.52. The number of benzene rings is 3. The molecule has 2 amide bonds. The number of para-hydroxylation sites is 2. The van der Waals surface area contributed by atoms with Crippen LogP contribution in [0.4, 0.5) is 4.39 Å². The maximum atomic E-state index is 14.6. The molecule has 3 aromatic carbocycles. The van der Waals surface area contributed by atoms with Crippen molar-refractivity contribution in [3.63, 3.8) is 0 Å². The molecule has 0 spiro atoms. The minimum absolute atomic E-state index is 0.0222. The van der Waals surface area contributed by atoms with Gasteiger partial charge in [0.1, 0.15) is 22.8 Å². The summed E-state index contributed by atoms with van der Waals surface area (Å²) < 4.78 is 21.9. The van der Waals surface area contributed by atoms with E-state index in [1.165, 1.54) is 11.0 Å². The number of nitrogens with zero attached hydrogens (tertiary/aromatic N) is 2. The van der Waals surface area contributed by atoms with Gasteiger partial charge in [0.25, 0.3) is 5.91 Å². The lowest BCUT2D eigenvalue weighted by Crippen LogP contribution is -2.63. The lowest BCUT2D eigenvalue weighted by atomic mass is 9.93. The van der Waals surface area contributed by atoms with Gasteiger partial charge < -0.3 is 19.5 Å². The lowest BCUT2D eigenvalue weighted by molar-refractivity contribution is -0.133. The van der Waals surface area contributed by atoms with E-state index in [4.69, 9.17) is 4.74 Å². The Labute approximate surface area is 202 Å². The molecule has 1 aliphatic heterocycles. The first kappa shape index (κ1) is 22.7. The quantitative estimate of drug-likeness (QED) is 0.450. The van der Waals surface area contributed by atoms with E-state index in [9.17, 15) is 14.0 Å². The topological polar surface area (TPSA) is 63.6 Å². The summed E-state index contributed by atoms with van der Waals surface area (Å²) >= 11 is 0. The van der Waals surface area contributed by atoms with Gasteiger partial charge in [-0.25, -0.2) is 4.39 Å². The van der Waals surface area contributed by atoms with Crippen LogP contribution in [0.1, 0.15) is 28.5 Å². The number of hydrogen-bond acceptors (Lipinski definition) is 3. The number of nitrogens with one attached hydrogen (secondary N) is 1. The largest absolute Gasteiger partial charge is 0.496 e. The van der Waals surface area contributed by atoms with E-state index in [0.717, 1.165) is 16.5 Å². The molecular formula is C28H26FN3O3. The number of methoxy groups -OCH3 is 1. The fourth-order valence-electron chi connectivity index (χ4n) is 4.77. The predicted molar refractivity (Wildman–Crippen MR) is 131 cm³/mol. The van der Waals surface area contributed by atoms with Gasteiger partial charge in [0.2, 0.25) is 5.91 Å². The number of carbonyl (C=O) groups is 2. The smallest absolute Gasteiger partial charge is 0.271 e. The molecule has 0 bridgehead atoms. The Morgan fingerprint density at radius 3 is 2.49 bits per heavy atom.